The highest BCUT2D eigenvalue weighted by Gasteiger charge is 2.37. The predicted molar refractivity (Wildman–Crippen MR) is 152 cm³/mol. The fourth-order valence-electron chi connectivity index (χ4n) is 5.80. The van der Waals surface area contributed by atoms with Gasteiger partial charge in [0.05, 0.1) is 5.56 Å². The van der Waals surface area contributed by atoms with Crippen molar-refractivity contribution in [2.24, 2.45) is 0 Å². The summed E-state index contributed by atoms with van der Waals surface area (Å²) in [6.07, 6.45) is 2.71. The number of fused-ring (bicyclic) bond motifs is 1. The van der Waals surface area contributed by atoms with E-state index in [1.54, 1.807) is 36.7 Å². The van der Waals surface area contributed by atoms with Gasteiger partial charge in [-0.25, -0.2) is 15.0 Å². The number of likely N-dealkylation sites (tertiary alicyclic amines) is 1. The number of amides is 2. The predicted octanol–water partition coefficient (Wildman–Crippen LogP) is 4.92. The summed E-state index contributed by atoms with van der Waals surface area (Å²) in [7, 11) is 0. The van der Waals surface area contributed by atoms with Crippen molar-refractivity contribution in [3.05, 3.63) is 71.9 Å². The molecular formula is C30H30F3N7O3. The molecule has 0 bridgehead atoms. The zero-order valence-corrected chi connectivity index (χ0v) is 23.3. The quantitative estimate of drug-likeness (QED) is 0.336. The standard InChI is InChI=1S/C30H30F3N7O3/c1-17-4-5-20(16-40(17)29(42)22-3-2-14-43-22)27-38-24(25-26(34)36-12-13-39(25)27)18-6-8-19(9-7-18)28(41)37-23-15-21(10-11-35-23)30(31,32)33/h6-13,15,17,20,22H,2-5,14,16H2,1H3,(H2,34,36)(H,35,37,41). The lowest BCUT2D eigenvalue weighted by Gasteiger charge is -2.38. The molecule has 3 atom stereocenters. The summed E-state index contributed by atoms with van der Waals surface area (Å²) >= 11 is 0. The van der Waals surface area contributed by atoms with Crippen LogP contribution < -0.4 is 11.1 Å². The smallest absolute Gasteiger partial charge is 0.382 e. The van der Waals surface area contributed by atoms with Crippen LogP contribution in [0.3, 0.4) is 0 Å². The first-order valence-electron chi connectivity index (χ1n) is 14.1. The molecule has 3 aromatic heterocycles. The van der Waals surface area contributed by atoms with Gasteiger partial charge in [-0.1, -0.05) is 12.1 Å². The van der Waals surface area contributed by atoms with Gasteiger partial charge in [0.2, 0.25) is 0 Å². The number of hydrogen-bond acceptors (Lipinski definition) is 7. The second-order valence-electron chi connectivity index (χ2n) is 10.9. The van der Waals surface area contributed by atoms with Crippen LogP contribution in [0.4, 0.5) is 24.8 Å². The monoisotopic (exact) mass is 593 g/mol. The molecule has 2 aliphatic heterocycles. The third-order valence-corrected chi connectivity index (χ3v) is 8.10. The highest BCUT2D eigenvalue weighted by molar-refractivity contribution is 6.04. The number of nitrogens with one attached hydrogen (secondary N) is 1. The lowest BCUT2D eigenvalue weighted by molar-refractivity contribution is -0.144. The number of nitrogens with zero attached hydrogens (tertiary/aromatic N) is 5. The van der Waals surface area contributed by atoms with Gasteiger partial charge in [-0.05, 0) is 56.9 Å². The molecule has 43 heavy (non-hydrogen) atoms. The highest BCUT2D eigenvalue weighted by atomic mass is 19.4. The Bertz CT molecular complexity index is 1670. The zero-order chi connectivity index (χ0) is 30.3. The van der Waals surface area contributed by atoms with E-state index in [1.165, 1.54) is 0 Å². The van der Waals surface area contributed by atoms with Gasteiger partial charge in [-0.3, -0.25) is 14.0 Å². The molecule has 6 rings (SSSR count). The van der Waals surface area contributed by atoms with Crippen LogP contribution in [-0.2, 0) is 15.7 Å². The minimum Gasteiger partial charge on any atom is -0.382 e. The number of ether oxygens (including phenoxy) is 1. The summed E-state index contributed by atoms with van der Waals surface area (Å²) in [4.78, 5) is 41.0. The first-order chi connectivity index (χ1) is 20.6. The maximum absolute atomic E-state index is 13.3. The Morgan fingerprint density at radius 3 is 2.58 bits per heavy atom. The average Bonchev–Trinajstić information content (AvgIpc) is 3.67. The van der Waals surface area contributed by atoms with Crippen molar-refractivity contribution in [2.75, 3.05) is 24.2 Å². The number of hydrogen-bond donors (Lipinski definition) is 2. The number of benzene rings is 1. The number of rotatable bonds is 5. The van der Waals surface area contributed by atoms with Gasteiger partial charge < -0.3 is 20.7 Å². The largest absolute Gasteiger partial charge is 0.416 e. The summed E-state index contributed by atoms with van der Waals surface area (Å²) < 4.78 is 46.7. The number of piperidine rings is 1. The molecule has 2 amide bonds. The Kier molecular flexibility index (Phi) is 7.50. The molecule has 224 valence electrons. The van der Waals surface area contributed by atoms with Crippen LogP contribution in [0, 0.1) is 0 Å². The number of carbonyl (C=O) groups is 2. The Morgan fingerprint density at radius 2 is 1.86 bits per heavy atom. The molecule has 0 aliphatic carbocycles. The molecule has 3 unspecified atom stereocenters. The SMILES string of the molecule is CC1CCC(c2nc(-c3ccc(C(=O)Nc4cc(C(F)(F)F)ccn4)cc3)c3c(N)nccn23)CN1C(=O)C1CCCO1. The minimum atomic E-state index is -4.55. The van der Waals surface area contributed by atoms with Crippen molar-refractivity contribution in [1.82, 2.24) is 24.3 Å². The number of nitrogens with two attached hydrogens (primary N) is 1. The Hall–Kier alpha value is -4.52. The molecular weight excluding hydrogens is 563 g/mol. The van der Waals surface area contributed by atoms with E-state index >= 15 is 0 Å². The zero-order valence-electron chi connectivity index (χ0n) is 23.3. The Labute approximate surface area is 245 Å². The van der Waals surface area contributed by atoms with Crippen LogP contribution in [0.15, 0.2) is 55.0 Å². The van der Waals surface area contributed by atoms with Crippen molar-refractivity contribution in [3.8, 4) is 11.3 Å². The number of pyridine rings is 1. The molecule has 10 nitrogen and oxygen atoms in total. The normalized spacial score (nSPS) is 20.8. The molecule has 0 saturated carbocycles. The fraction of sp³-hybridized carbons (Fsp3) is 0.367. The molecule has 5 heterocycles. The van der Waals surface area contributed by atoms with E-state index in [4.69, 9.17) is 15.5 Å². The van der Waals surface area contributed by atoms with E-state index in [0.29, 0.717) is 29.9 Å². The molecule has 2 fully saturated rings. The Morgan fingerprint density at radius 1 is 1.07 bits per heavy atom. The van der Waals surface area contributed by atoms with Gasteiger partial charge >= 0.3 is 6.18 Å². The van der Waals surface area contributed by atoms with Crippen molar-refractivity contribution in [2.45, 2.75) is 56.8 Å². The first-order valence-corrected chi connectivity index (χ1v) is 14.1. The number of carbonyl (C=O) groups excluding carboxylic acids is 2. The molecule has 0 radical (unpaired) electrons. The van der Waals surface area contributed by atoms with Crippen molar-refractivity contribution in [1.29, 1.82) is 0 Å². The topological polar surface area (TPSA) is 128 Å². The highest BCUT2D eigenvalue weighted by Crippen LogP contribution is 2.36. The summed E-state index contributed by atoms with van der Waals surface area (Å²) in [5, 5.41) is 2.41. The third kappa shape index (κ3) is 5.64. The third-order valence-electron chi connectivity index (χ3n) is 8.10. The van der Waals surface area contributed by atoms with E-state index in [2.05, 4.69) is 22.2 Å². The molecule has 1 aromatic carbocycles. The van der Waals surface area contributed by atoms with Crippen LogP contribution in [0.25, 0.3) is 16.8 Å². The van der Waals surface area contributed by atoms with Crippen molar-refractivity contribution < 1.29 is 27.5 Å². The first kappa shape index (κ1) is 28.6. The average molecular weight is 594 g/mol. The van der Waals surface area contributed by atoms with Crippen LogP contribution in [-0.4, -0.2) is 61.4 Å². The lowest BCUT2D eigenvalue weighted by Crippen LogP contribution is -2.49. The minimum absolute atomic E-state index is 0.0196. The van der Waals surface area contributed by atoms with E-state index in [0.717, 1.165) is 49.8 Å². The number of nitrogen functional groups attached to an aromatic ring is 1. The van der Waals surface area contributed by atoms with E-state index in [1.807, 2.05) is 9.30 Å². The second kappa shape index (κ2) is 11.3. The number of imidazole rings is 1. The van der Waals surface area contributed by atoms with Crippen molar-refractivity contribution in [3.63, 3.8) is 0 Å². The molecule has 0 spiro atoms. The molecule has 4 aromatic rings. The van der Waals surface area contributed by atoms with E-state index < -0.39 is 23.8 Å². The lowest BCUT2D eigenvalue weighted by atomic mass is 9.92. The molecule has 2 saturated heterocycles. The van der Waals surface area contributed by atoms with Crippen molar-refractivity contribution >= 4 is 29.0 Å². The number of aromatic nitrogens is 4. The van der Waals surface area contributed by atoms with Gasteiger partial charge in [0.15, 0.2) is 0 Å². The van der Waals surface area contributed by atoms with Gasteiger partial charge in [-0.2, -0.15) is 13.2 Å². The number of halogens is 3. The Balaban J connectivity index is 1.26. The summed E-state index contributed by atoms with van der Waals surface area (Å²) in [5.74, 6) is 0.197. The van der Waals surface area contributed by atoms with Crippen LogP contribution >= 0.6 is 0 Å². The summed E-state index contributed by atoms with van der Waals surface area (Å²) in [6, 6.07) is 8.21. The van der Waals surface area contributed by atoms with E-state index in [-0.39, 0.29) is 35.1 Å². The summed E-state index contributed by atoms with van der Waals surface area (Å²) in [6.45, 7) is 3.16. The maximum atomic E-state index is 13.3. The summed E-state index contributed by atoms with van der Waals surface area (Å²) in [5.41, 5.74) is 7.49. The number of anilines is 2. The maximum Gasteiger partial charge on any atom is 0.416 e. The molecule has 2 aliphatic rings. The van der Waals surface area contributed by atoms with E-state index in [9.17, 15) is 22.8 Å². The van der Waals surface area contributed by atoms with Crippen LogP contribution in [0.1, 0.15) is 60.3 Å². The van der Waals surface area contributed by atoms with Crippen LogP contribution in [0.2, 0.25) is 0 Å². The fourth-order valence-corrected chi connectivity index (χ4v) is 5.80. The molecule has 3 N–H and O–H groups in total. The van der Waals surface area contributed by atoms with Gasteiger partial charge in [0.25, 0.3) is 11.8 Å². The van der Waals surface area contributed by atoms with Gasteiger partial charge in [0.1, 0.15) is 34.8 Å². The van der Waals surface area contributed by atoms with Gasteiger partial charge in [0, 0.05) is 54.8 Å². The van der Waals surface area contributed by atoms with Crippen LogP contribution in [0.5, 0.6) is 0 Å². The molecule has 13 heteroatoms. The number of alkyl halides is 3. The second-order valence-corrected chi connectivity index (χ2v) is 10.9. The van der Waals surface area contributed by atoms with Gasteiger partial charge in [-0.15, -0.1) is 0 Å².